The van der Waals surface area contributed by atoms with Crippen molar-refractivity contribution in [3.05, 3.63) is 58.7 Å². The van der Waals surface area contributed by atoms with Crippen molar-refractivity contribution in [2.45, 2.75) is 13.3 Å². The van der Waals surface area contributed by atoms with Crippen molar-refractivity contribution in [2.24, 2.45) is 0 Å². The Balaban J connectivity index is 2.03. The number of carbonyl (C=O) groups excluding carboxylic acids is 1. The zero-order valence-corrected chi connectivity index (χ0v) is 10.8. The Bertz CT molecular complexity index is 569. The van der Waals surface area contributed by atoms with Crippen molar-refractivity contribution in [3.8, 4) is 0 Å². The van der Waals surface area contributed by atoms with E-state index in [0.717, 1.165) is 11.3 Å². The number of aromatic nitrogens is 1. The number of rotatable bonds is 3. The Morgan fingerprint density at radius 2 is 2.00 bits per heavy atom. The van der Waals surface area contributed by atoms with Crippen LogP contribution in [0.5, 0.6) is 0 Å². The SMILES string of the molecule is Cc1cccc(NC(=O)Cc2ccccc2Cl)[nH+]1. The van der Waals surface area contributed by atoms with E-state index in [9.17, 15) is 4.79 Å². The van der Waals surface area contributed by atoms with E-state index in [1.807, 2.05) is 43.3 Å². The van der Waals surface area contributed by atoms with Gasteiger partial charge >= 0.3 is 5.91 Å². The summed E-state index contributed by atoms with van der Waals surface area (Å²) in [5.74, 6) is 0.594. The molecule has 1 heterocycles. The van der Waals surface area contributed by atoms with Gasteiger partial charge in [0.1, 0.15) is 0 Å². The minimum Gasteiger partial charge on any atom is -0.247 e. The van der Waals surface area contributed by atoms with Crippen LogP contribution in [0.25, 0.3) is 0 Å². The zero-order chi connectivity index (χ0) is 13.0. The predicted molar refractivity (Wildman–Crippen MR) is 71.5 cm³/mol. The maximum atomic E-state index is 11.9. The van der Waals surface area contributed by atoms with Crippen molar-refractivity contribution in [1.29, 1.82) is 0 Å². The summed E-state index contributed by atoms with van der Waals surface area (Å²) in [6, 6.07) is 13.0. The third-order valence-electron chi connectivity index (χ3n) is 2.52. The molecule has 0 unspecified atom stereocenters. The third-order valence-corrected chi connectivity index (χ3v) is 2.89. The molecule has 18 heavy (non-hydrogen) atoms. The molecule has 0 saturated heterocycles. The zero-order valence-electron chi connectivity index (χ0n) is 10.0. The second-order valence-corrected chi connectivity index (χ2v) is 4.47. The van der Waals surface area contributed by atoms with Crippen molar-refractivity contribution < 1.29 is 9.78 Å². The fraction of sp³-hybridized carbons (Fsp3) is 0.143. The smallest absolute Gasteiger partial charge is 0.247 e. The lowest BCUT2D eigenvalue weighted by Crippen LogP contribution is -2.22. The van der Waals surface area contributed by atoms with Crippen LogP contribution in [-0.4, -0.2) is 5.91 Å². The molecule has 1 aromatic carbocycles. The van der Waals surface area contributed by atoms with Crippen molar-refractivity contribution >= 4 is 23.3 Å². The molecule has 0 fully saturated rings. The molecule has 92 valence electrons. The first kappa shape index (κ1) is 12.6. The number of aryl methyl sites for hydroxylation is 1. The van der Waals surface area contributed by atoms with Gasteiger partial charge in [-0.3, -0.25) is 0 Å². The summed E-state index contributed by atoms with van der Waals surface area (Å²) < 4.78 is 0. The van der Waals surface area contributed by atoms with Gasteiger partial charge in [0, 0.05) is 11.1 Å². The van der Waals surface area contributed by atoms with Crippen LogP contribution in [0, 0.1) is 6.92 Å². The van der Waals surface area contributed by atoms with Gasteiger partial charge < -0.3 is 0 Å². The monoisotopic (exact) mass is 261 g/mol. The van der Waals surface area contributed by atoms with Gasteiger partial charge in [0.25, 0.3) is 5.82 Å². The van der Waals surface area contributed by atoms with Crippen LogP contribution in [-0.2, 0) is 11.2 Å². The maximum absolute atomic E-state index is 11.9. The normalized spacial score (nSPS) is 10.1. The summed E-state index contributed by atoms with van der Waals surface area (Å²) in [4.78, 5) is 14.9. The summed E-state index contributed by atoms with van der Waals surface area (Å²) in [7, 11) is 0. The van der Waals surface area contributed by atoms with Gasteiger partial charge in [-0.15, -0.1) is 0 Å². The Labute approximate surface area is 111 Å². The van der Waals surface area contributed by atoms with Crippen LogP contribution in [0.4, 0.5) is 5.82 Å². The Morgan fingerprint density at radius 1 is 1.22 bits per heavy atom. The molecule has 0 aliphatic heterocycles. The molecular formula is C14H14ClN2O+. The number of nitrogens with one attached hydrogen (secondary N) is 2. The molecule has 1 amide bonds. The van der Waals surface area contributed by atoms with E-state index in [0.29, 0.717) is 10.8 Å². The van der Waals surface area contributed by atoms with E-state index in [4.69, 9.17) is 11.6 Å². The molecule has 1 aromatic heterocycles. The largest absolute Gasteiger partial charge is 0.311 e. The van der Waals surface area contributed by atoms with Gasteiger partial charge in [-0.2, -0.15) is 0 Å². The van der Waals surface area contributed by atoms with Gasteiger partial charge in [0.15, 0.2) is 0 Å². The standard InChI is InChI=1S/C14H13ClN2O/c1-10-5-4-8-13(16-10)17-14(18)9-11-6-2-3-7-12(11)15/h2-8H,9H2,1H3,(H,16,17,18)/p+1. The van der Waals surface area contributed by atoms with Gasteiger partial charge in [-0.05, 0) is 24.6 Å². The van der Waals surface area contributed by atoms with Crippen LogP contribution in [0.2, 0.25) is 5.02 Å². The first-order chi connectivity index (χ1) is 8.65. The van der Waals surface area contributed by atoms with Gasteiger partial charge in [0.2, 0.25) is 0 Å². The fourth-order valence-corrected chi connectivity index (χ4v) is 1.87. The Kier molecular flexibility index (Phi) is 3.95. The summed E-state index contributed by atoms with van der Waals surface area (Å²) in [6.07, 6.45) is 0.265. The minimum atomic E-state index is -0.0926. The third kappa shape index (κ3) is 3.31. The lowest BCUT2D eigenvalue weighted by Gasteiger charge is -2.01. The van der Waals surface area contributed by atoms with Crippen LogP contribution in [0.15, 0.2) is 42.5 Å². The van der Waals surface area contributed by atoms with Crippen molar-refractivity contribution in [3.63, 3.8) is 0 Å². The average molecular weight is 262 g/mol. The highest BCUT2D eigenvalue weighted by Gasteiger charge is 2.12. The van der Waals surface area contributed by atoms with E-state index >= 15 is 0 Å². The Morgan fingerprint density at radius 3 is 2.72 bits per heavy atom. The number of hydrogen-bond donors (Lipinski definition) is 1. The summed E-state index contributed by atoms with van der Waals surface area (Å²) in [5, 5.41) is 3.42. The van der Waals surface area contributed by atoms with Gasteiger partial charge in [-0.1, -0.05) is 35.9 Å². The number of anilines is 1. The molecule has 2 N–H and O–H groups in total. The predicted octanol–water partition coefficient (Wildman–Crippen LogP) is 2.64. The number of H-pyrrole nitrogens is 1. The average Bonchev–Trinajstić information content (AvgIpc) is 2.32. The number of halogens is 1. The lowest BCUT2D eigenvalue weighted by molar-refractivity contribution is -0.370. The molecule has 3 nitrogen and oxygen atoms in total. The summed E-state index contributed by atoms with van der Waals surface area (Å²) in [6.45, 7) is 1.93. The number of benzene rings is 1. The van der Waals surface area contributed by atoms with E-state index in [1.54, 1.807) is 6.07 Å². The van der Waals surface area contributed by atoms with Crippen LogP contribution >= 0.6 is 11.6 Å². The van der Waals surface area contributed by atoms with Gasteiger partial charge in [-0.25, -0.2) is 15.1 Å². The molecule has 2 aromatic rings. The molecule has 2 rings (SSSR count). The molecule has 0 aliphatic carbocycles. The molecule has 0 aliphatic rings. The second-order valence-electron chi connectivity index (χ2n) is 4.06. The topological polar surface area (TPSA) is 43.2 Å². The number of amides is 1. The molecule has 4 heteroatoms. The Hall–Kier alpha value is -1.87. The number of carbonyl (C=O) groups is 1. The summed E-state index contributed by atoms with van der Waals surface area (Å²) >= 11 is 6.01. The quantitative estimate of drug-likeness (QED) is 0.907. The first-order valence-corrected chi connectivity index (χ1v) is 6.05. The van der Waals surface area contributed by atoms with Crippen molar-refractivity contribution in [1.82, 2.24) is 0 Å². The maximum Gasteiger partial charge on any atom is 0.311 e. The fourth-order valence-electron chi connectivity index (χ4n) is 1.67. The second kappa shape index (κ2) is 5.65. The van der Waals surface area contributed by atoms with Crippen molar-refractivity contribution in [2.75, 3.05) is 5.32 Å². The molecular weight excluding hydrogens is 248 g/mol. The van der Waals surface area contributed by atoms with Gasteiger partial charge in [0.05, 0.1) is 12.1 Å². The van der Waals surface area contributed by atoms with E-state index in [-0.39, 0.29) is 12.3 Å². The highest BCUT2D eigenvalue weighted by molar-refractivity contribution is 6.31. The van der Waals surface area contributed by atoms with E-state index in [2.05, 4.69) is 10.3 Å². The molecule has 0 bridgehead atoms. The van der Waals surface area contributed by atoms with Crippen LogP contribution in [0.3, 0.4) is 0 Å². The van der Waals surface area contributed by atoms with E-state index in [1.165, 1.54) is 0 Å². The molecule has 0 atom stereocenters. The lowest BCUT2D eigenvalue weighted by atomic mass is 10.1. The van der Waals surface area contributed by atoms with Crippen LogP contribution < -0.4 is 10.3 Å². The first-order valence-electron chi connectivity index (χ1n) is 5.67. The minimum absolute atomic E-state index is 0.0926. The number of pyridine rings is 1. The highest BCUT2D eigenvalue weighted by atomic mass is 35.5. The summed E-state index contributed by atoms with van der Waals surface area (Å²) in [5.41, 5.74) is 1.81. The van der Waals surface area contributed by atoms with Crippen LogP contribution in [0.1, 0.15) is 11.3 Å². The number of hydrogen-bond acceptors (Lipinski definition) is 1. The molecule has 0 radical (unpaired) electrons. The van der Waals surface area contributed by atoms with E-state index < -0.39 is 0 Å². The molecule has 0 spiro atoms. The molecule has 0 saturated carbocycles. The number of aromatic amines is 1. The highest BCUT2D eigenvalue weighted by Crippen LogP contribution is 2.15.